The summed E-state index contributed by atoms with van der Waals surface area (Å²) in [6.45, 7) is 3.86. The van der Waals surface area contributed by atoms with Crippen LogP contribution in [0, 0.1) is 5.92 Å². The lowest BCUT2D eigenvalue weighted by molar-refractivity contribution is -0.150. The number of anilines is 2. The van der Waals surface area contributed by atoms with Crippen LogP contribution in [0.2, 0.25) is 0 Å². The number of hydrogen-bond donors (Lipinski definition) is 2. The molecule has 3 N–H and O–H groups in total. The highest BCUT2D eigenvalue weighted by molar-refractivity contribution is 5.92. The number of esters is 1. The van der Waals surface area contributed by atoms with Crippen molar-refractivity contribution in [3.8, 4) is 0 Å². The number of rotatable bonds is 5. The first-order valence-electron chi connectivity index (χ1n) is 7.63. The van der Waals surface area contributed by atoms with E-state index in [1.807, 2.05) is 4.90 Å². The van der Waals surface area contributed by atoms with Crippen LogP contribution in [0.4, 0.5) is 11.4 Å². The van der Waals surface area contributed by atoms with Gasteiger partial charge in [0.2, 0.25) is 5.91 Å². The molecule has 0 spiro atoms. The summed E-state index contributed by atoms with van der Waals surface area (Å²) < 4.78 is 5.06. The summed E-state index contributed by atoms with van der Waals surface area (Å²) in [6.07, 6.45) is 1.72. The number of piperidine rings is 1. The Labute approximate surface area is 130 Å². The van der Waals surface area contributed by atoms with Gasteiger partial charge >= 0.3 is 5.97 Å². The van der Waals surface area contributed by atoms with Crippen molar-refractivity contribution < 1.29 is 14.3 Å². The van der Waals surface area contributed by atoms with Crippen molar-refractivity contribution >= 4 is 23.3 Å². The molecule has 22 heavy (non-hydrogen) atoms. The van der Waals surface area contributed by atoms with E-state index in [0.29, 0.717) is 24.5 Å². The molecule has 1 aliphatic heterocycles. The summed E-state index contributed by atoms with van der Waals surface area (Å²) in [5, 5.41) is 2.82. The van der Waals surface area contributed by atoms with E-state index >= 15 is 0 Å². The minimum absolute atomic E-state index is 0.102. The van der Waals surface area contributed by atoms with Crippen LogP contribution in [0.15, 0.2) is 24.3 Å². The molecule has 1 amide bonds. The van der Waals surface area contributed by atoms with Crippen molar-refractivity contribution in [3.05, 3.63) is 24.3 Å². The van der Waals surface area contributed by atoms with Crippen LogP contribution in [0.5, 0.6) is 0 Å². The maximum atomic E-state index is 12.1. The Hall–Kier alpha value is -2.08. The van der Waals surface area contributed by atoms with E-state index in [9.17, 15) is 9.59 Å². The summed E-state index contributed by atoms with van der Waals surface area (Å²) in [6, 6.07) is 7.08. The number of hydrogen-bond acceptors (Lipinski definition) is 5. The largest absolute Gasteiger partial charge is 0.466 e. The second-order valence-corrected chi connectivity index (χ2v) is 5.50. The molecule has 2 rings (SSSR count). The fraction of sp³-hybridized carbons (Fsp3) is 0.500. The van der Waals surface area contributed by atoms with Crippen LogP contribution in [0.25, 0.3) is 0 Å². The maximum absolute atomic E-state index is 12.1. The van der Waals surface area contributed by atoms with Crippen molar-refractivity contribution in [1.29, 1.82) is 0 Å². The van der Waals surface area contributed by atoms with Gasteiger partial charge in [-0.2, -0.15) is 0 Å². The van der Waals surface area contributed by atoms with Crippen molar-refractivity contribution in [1.82, 2.24) is 4.90 Å². The number of ether oxygens (including phenoxy) is 1. The standard InChI is InChI=1S/C16H23N3O3/c1-2-22-16(21)12-5-4-8-19(10-12)11-15(20)18-14-7-3-6-13(17)9-14/h3,6-7,9,12H,2,4-5,8,10-11,17H2,1H3,(H,18,20). The normalized spacial score (nSPS) is 18.7. The predicted molar refractivity (Wildman–Crippen MR) is 85.3 cm³/mol. The van der Waals surface area contributed by atoms with E-state index < -0.39 is 0 Å². The van der Waals surface area contributed by atoms with Gasteiger partial charge in [0.25, 0.3) is 0 Å². The molecule has 6 nitrogen and oxygen atoms in total. The SMILES string of the molecule is CCOC(=O)C1CCCN(CC(=O)Nc2cccc(N)c2)C1. The number of carbonyl (C=O) groups is 2. The van der Waals surface area contributed by atoms with Crippen LogP contribution < -0.4 is 11.1 Å². The molecule has 1 aromatic rings. The fourth-order valence-corrected chi connectivity index (χ4v) is 2.67. The molecule has 0 bridgehead atoms. The first kappa shape index (κ1) is 16.3. The highest BCUT2D eigenvalue weighted by Gasteiger charge is 2.27. The van der Waals surface area contributed by atoms with Gasteiger partial charge in [-0.25, -0.2) is 0 Å². The summed E-state index contributed by atoms with van der Waals surface area (Å²) in [5.74, 6) is -0.396. The second-order valence-electron chi connectivity index (χ2n) is 5.50. The molecular weight excluding hydrogens is 282 g/mol. The zero-order valence-electron chi connectivity index (χ0n) is 12.9. The van der Waals surface area contributed by atoms with Gasteiger partial charge in [0.05, 0.1) is 19.1 Å². The first-order chi connectivity index (χ1) is 10.6. The zero-order chi connectivity index (χ0) is 15.9. The maximum Gasteiger partial charge on any atom is 0.310 e. The first-order valence-corrected chi connectivity index (χ1v) is 7.63. The van der Waals surface area contributed by atoms with Crippen LogP contribution in [0.1, 0.15) is 19.8 Å². The third kappa shape index (κ3) is 4.73. The van der Waals surface area contributed by atoms with Gasteiger partial charge in [-0.05, 0) is 44.5 Å². The summed E-state index contributed by atoms with van der Waals surface area (Å²) in [4.78, 5) is 25.9. The Morgan fingerprint density at radius 3 is 3.00 bits per heavy atom. The van der Waals surface area contributed by atoms with Crippen LogP contribution in [0.3, 0.4) is 0 Å². The van der Waals surface area contributed by atoms with E-state index in [0.717, 1.165) is 19.4 Å². The molecule has 1 fully saturated rings. The highest BCUT2D eigenvalue weighted by Crippen LogP contribution is 2.18. The Morgan fingerprint density at radius 1 is 1.45 bits per heavy atom. The van der Waals surface area contributed by atoms with Crippen molar-refractivity contribution in [2.45, 2.75) is 19.8 Å². The molecule has 0 saturated carbocycles. The molecule has 1 aromatic carbocycles. The van der Waals surface area contributed by atoms with Gasteiger partial charge in [0, 0.05) is 17.9 Å². The van der Waals surface area contributed by atoms with Gasteiger partial charge in [-0.3, -0.25) is 14.5 Å². The average molecular weight is 305 g/mol. The summed E-state index contributed by atoms with van der Waals surface area (Å²) >= 11 is 0. The number of benzene rings is 1. The summed E-state index contributed by atoms with van der Waals surface area (Å²) in [7, 11) is 0. The molecule has 1 heterocycles. The Kier molecular flexibility index (Phi) is 5.77. The van der Waals surface area contributed by atoms with Crippen molar-refractivity contribution in [3.63, 3.8) is 0 Å². The van der Waals surface area contributed by atoms with Crippen LogP contribution >= 0.6 is 0 Å². The molecule has 0 radical (unpaired) electrons. The monoisotopic (exact) mass is 305 g/mol. The molecule has 6 heteroatoms. The molecule has 1 aliphatic rings. The van der Waals surface area contributed by atoms with E-state index in [1.165, 1.54) is 0 Å². The topological polar surface area (TPSA) is 84.7 Å². The molecular formula is C16H23N3O3. The van der Waals surface area contributed by atoms with E-state index in [-0.39, 0.29) is 24.3 Å². The predicted octanol–water partition coefficient (Wildman–Crippen LogP) is 1.48. The molecule has 0 aliphatic carbocycles. The minimum Gasteiger partial charge on any atom is -0.466 e. The Morgan fingerprint density at radius 2 is 2.27 bits per heavy atom. The Bertz CT molecular complexity index is 533. The van der Waals surface area contributed by atoms with Crippen molar-refractivity contribution in [2.24, 2.45) is 5.92 Å². The number of amides is 1. The minimum atomic E-state index is -0.163. The molecule has 1 atom stereocenters. The van der Waals surface area contributed by atoms with Crippen molar-refractivity contribution in [2.75, 3.05) is 37.3 Å². The van der Waals surface area contributed by atoms with Gasteiger partial charge < -0.3 is 15.8 Å². The number of nitrogen functional groups attached to an aromatic ring is 1. The van der Waals surface area contributed by atoms with Gasteiger partial charge in [0.15, 0.2) is 0 Å². The molecule has 120 valence electrons. The number of nitrogens with two attached hydrogens (primary N) is 1. The van der Waals surface area contributed by atoms with Crippen LogP contribution in [-0.4, -0.2) is 43.0 Å². The quantitative estimate of drug-likeness (QED) is 0.636. The number of carbonyl (C=O) groups excluding carboxylic acids is 2. The lowest BCUT2D eigenvalue weighted by Crippen LogP contribution is -2.43. The highest BCUT2D eigenvalue weighted by atomic mass is 16.5. The molecule has 1 saturated heterocycles. The fourth-order valence-electron chi connectivity index (χ4n) is 2.67. The Balaban J connectivity index is 1.84. The zero-order valence-corrected chi connectivity index (χ0v) is 12.9. The average Bonchev–Trinajstić information content (AvgIpc) is 2.47. The number of nitrogens with one attached hydrogen (secondary N) is 1. The van der Waals surface area contributed by atoms with Gasteiger partial charge in [-0.1, -0.05) is 6.07 Å². The van der Waals surface area contributed by atoms with Gasteiger partial charge in [0.1, 0.15) is 0 Å². The number of likely N-dealkylation sites (tertiary alicyclic amines) is 1. The third-order valence-electron chi connectivity index (χ3n) is 3.66. The van der Waals surface area contributed by atoms with Gasteiger partial charge in [-0.15, -0.1) is 0 Å². The van der Waals surface area contributed by atoms with E-state index in [4.69, 9.17) is 10.5 Å². The number of nitrogens with zero attached hydrogens (tertiary/aromatic N) is 1. The van der Waals surface area contributed by atoms with Crippen LogP contribution in [-0.2, 0) is 14.3 Å². The smallest absolute Gasteiger partial charge is 0.310 e. The third-order valence-corrected chi connectivity index (χ3v) is 3.66. The van der Waals surface area contributed by atoms with E-state index in [1.54, 1.807) is 31.2 Å². The lowest BCUT2D eigenvalue weighted by Gasteiger charge is -2.30. The summed E-state index contributed by atoms with van der Waals surface area (Å²) in [5.41, 5.74) is 6.98. The lowest BCUT2D eigenvalue weighted by atomic mass is 9.98. The molecule has 1 unspecified atom stereocenters. The van der Waals surface area contributed by atoms with E-state index in [2.05, 4.69) is 5.32 Å². The second kappa shape index (κ2) is 7.79. The molecule has 0 aromatic heterocycles.